The van der Waals surface area contributed by atoms with E-state index in [-0.39, 0.29) is 11.7 Å². The van der Waals surface area contributed by atoms with Gasteiger partial charge in [0.25, 0.3) is 0 Å². The summed E-state index contributed by atoms with van der Waals surface area (Å²) in [4.78, 5) is 24.7. The van der Waals surface area contributed by atoms with Gasteiger partial charge in [0, 0.05) is 5.56 Å². The summed E-state index contributed by atoms with van der Waals surface area (Å²) in [5, 5.41) is 2.85. The molecule has 0 aromatic heterocycles. The molecule has 1 heterocycles. The Morgan fingerprint density at radius 3 is 2.42 bits per heavy atom. The molecule has 0 saturated heterocycles. The highest BCUT2D eigenvalue weighted by Gasteiger charge is 2.35. The minimum atomic E-state index is -0.740. The number of amides is 1. The zero-order valence-electron chi connectivity index (χ0n) is 10.5. The Bertz CT molecular complexity index is 662. The molecule has 0 spiro atoms. The van der Waals surface area contributed by atoms with Gasteiger partial charge >= 0.3 is 0 Å². The number of carbonyl (C=O) groups is 2. The van der Waals surface area contributed by atoms with E-state index in [0.717, 1.165) is 11.1 Å². The van der Waals surface area contributed by atoms with Crippen molar-refractivity contribution in [2.75, 3.05) is 5.32 Å². The standard InChI is InChI=1S/C16H13NO2/c1-10-6-5-9-12-14(10)17-16(19)13(15(12)18)11-7-3-2-4-8-11/h2-9,13H,1H3,(H,17,19). The number of carbonyl (C=O) groups excluding carboxylic acids is 2. The normalized spacial score (nSPS) is 17.8. The number of Topliss-reactive ketones (excluding diaryl/α,β-unsaturated/α-hetero) is 1. The highest BCUT2D eigenvalue weighted by atomic mass is 16.2. The van der Waals surface area contributed by atoms with Crippen molar-refractivity contribution in [3.63, 3.8) is 0 Å². The summed E-state index contributed by atoms with van der Waals surface area (Å²) in [6, 6.07) is 14.6. The highest BCUT2D eigenvalue weighted by molar-refractivity contribution is 6.24. The Hall–Kier alpha value is -2.42. The van der Waals surface area contributed by atoms with Crippen LogP contribution in [0.3, 0.4) is 0 Å². The minimum absolute atomic E-state index is 0.131. The number of benzene rings is 2. The number of hydrogen-bond donors (Lipinski definition) is 1. The fraction of sp³-hybridized carbons (Fsp3) is 0.125. The molecule has 3 nitrogen and oxygen atoms in total. The topological polar surface area (TPSA) is 46.2 Å². The maximum Gasteiger partial charge on any atom is 0.239 e. The average molecular weight is 251 g/mol. The van der Waals surface area contributed by atoms with Crippen molar-refractivity contribution in [2.24, 2.45) is 0 Å². The molecule has 1 aliphatic heterocycles. The Morgan fingerprint density at radius 2 is 1.68 bits per heavy atom. The van der Waals surface area contributed by atoms with Crippen molar-refractivity contribution >= 4 is 17.4 Å². The lowest BCUT2D eigenvalue weighted by Crippen LogP contribution is -2.33. The van der Waals surface area contributed by atoms with E-state index in [1.807, 2.05) is 49.4 Å². The molecule has 94 valence electrons. The smallest absolute Gasteiger partial charge is 0.239 e. The van der Waals surface area contributed by atoms with Crippen LogP contribution < -0.4 is 5.32 Å². The van der Waals surface area contributed by atoms with Crippen molar-refractivity contribution in [2.45, 2.75) is 12.8 Å². The van der Waals surface area contributed by atoms with E-state index in [2.05, 4.69) is 5.32 Å². The average Bonchev–Trinajstić information content (AvgIpc) is 2.41. The molecule has 1 unspecified atom stereocenters. The van der Waals surface area contributed by atoms with Gasteiger partial charge in [-0.15, -0.1) is 0 Å². The number of anilines is 1. The highest BCUT2D eigenvalue weighted by Crippen LogP contribution is 2.33. The molecule has 0 radical (unpaired) electrons. The maximum absolute atomic E-state index is 12.5. The second-order valence-corrected chi connectivity index (χ2v) is 4.69. The fourth-order valence-corrected chi connectivity index (χ4v) is 2.46. The van der Waals surface area contributed by atoms with Gasteiger partial charge in [0.1, 0.15) is 5.92 Å². The fourth-order valence-electron chi connectivity index (χ4n) is 2.46. The maximum atomic E-state index is 12.5. The van der Waals surface area contributed by atoms with Crippen molar-refractivity contribution in [3.8, 4) is 0 Å². The van der Waals surface area contributed by atoms with Crippen LogP contribution in [0.1, 0.15) is 27.4 Å². The molecule has 0 fully saturated rings. The molecule has 3 rings (SSSR count). The summed E-state index contributed by atoms with van der Waals surface area (Å²) in [5.74, 6) is -1.12. The third-order valence-electron chi connectivity index (χ3n) is 3.44. The van der Waals surface area contributed by atoms with Gasteiger partial charge in [0.15, 0.2) is 5.78 Å². The molecule has 0 saturated carbocycles. The molecular formula is C16H13NO2. The van der Waals surface area contributed by atoms with Crippen LogP contribution >= 0.6 is 0 Å². The second-order valence-electron chi connectivity index (χ2n) is 4.69. The van der Waals surface area contributed by atoms with Gasteiger partial charge in [0.05, 0.1) is 5.69 Å². The summed E-state index contributed by atoms with van der Waals surface area (Å²) in [6.07, 6.45) is 0. The molecule has 2 aromatic carbocycles. The third-order valence-corrected chi connectivity index (χ3v) is 3.44. The molecule has 1 atom stereocenters. The summed E-state index contributed by atoms with van der Waals surface area (Å²) >= 11 is 0. The van der Waals surface area contributed by atoms with Gasteiger partial charge in [-0.05, 0) is 24.1 Å². The van der Waals surface area contributed by atoms with Crippen molar-refractivity contribution in [1.82, 2.24) is 0 Å². The van der Waals surface area contributed by atoms with Crippen LogP contribution in [0.5, 0.6) is 0 Å². The molecule has 0 bridgehead atoms. The molecule has 19 heavy (non-hydrogen) atoms. The summed E-state index contributed by atoms with van der Waals surface area (Å²) in [7, 11) is 0. The van der Waals surface area contributed by atoms with Crippen LogP contribution in [0.2, 0.25) is 0 Å². The number of nitrogens with one attached hydrogen (secondary N) is 1. The molecule has 1 aliphatic rings. The second kappa shape index (κ2) is 4.35. The first-order valence-electron chi connectivity index (χ1n) is 6.18. The number of para-hydroxylation sites is 1. The first kappa shape index (κ1) is 11.7. The molecule has 3 heteroatoms. The Balaban J connectivity index is 2.12. The lowest BCUT2D eigenvalue weighted by molar-refractivity contribution is -0.116. The van der Waals surface area contributed by atoms with E-state index in [1.165, 1.54) is 0 Å². The van der Waals surface area contributed by atoms with Gasteiger partial charge in [-0.3, -0.25) is 9.59 Å². The molecule has 0 aliphatic carbocycles. The van der Waals surface area contributed by atoms with Gasteiger partial charge in [0.2, 0.25) is 5.91 Å². The minimum Gasteiger partial charge on any atom is -0.324 e. The van der Waals surface area contributed by atoms with Gasteiger partial charge in [-0.1, -0.05) is 42.5 Å². The van der Waals surface area contributed by atoms with Gasteiger partial charge in [-0.2, -0.15) is 0 Å². The van der Waals surface area contributed by atoms with Crippen molar-refractivity contribution in [1.29, 1.82) is 0 Å². The number of rotatable bonds is 1. The summed E-state index contributed by atoms with van der Waals surface area (Å²) in [6.45, 7) is 1.88. The lowest BCUT2D eigenvalue weighted by Gasteiger charge is -2.24. The first-order valence-corrected chi connectivity index (χ1v) is 6.18. The van der Waals surface area contributed by atoms with Crippen LogP contribution in [-0.4, -0.2) is 11.7 Å². The summed E-state index contributed by atoms with van der Waals surface area (Å²) < 4.78 is 0. The Labute approximate surface area is 111 Å². The van der Waals surface area contributed by atoms with Crippen molar-refractivity contribution in [3.05, 3.63) is 65.2 Å². The Kier molecular flexibility index (Phi) is 2.67. The van der Waals surface area contributed by atoms with Crippen LogP contribution in [0.25, 0.3) is 0 Å². The van der Waals surface area contributed by atoms with E-state index in [9.17, 15) is 9.59 Å². The largest absolute Gasteiger partial charge is 0.324 e. The number of fused-ring (bicyclic) bond motifs is 1. The van der Waals surface area contributed by atoms with E-state index in [0.29, 0.717) is 11.3 Å². The Morgan fingerprint density at radius 1 is 0.947 bits per heavy atom. The predicted octanol–water partition coefficient (Wildman–Crippen LogP) is 2.91. The van der Waals surface area contributed by atoms with Crippen LogP contribution in [0.15, 0.2) is 48.5 Å². The number of hydrogen-bond acceptors (Lipinski definition) is 2. The quantitative estimate of drug-likeness (QED) is 0.792. The van der Waals surface area contributed by atoms with E-state index in [4.69, 9.17) is 0 Å². The molecule has 2 aromatic rings. The zero-order chi connectivity index (χ0) is 13.4. The SMILES string of the molecule is Cc1cccc2c1NC(=O)C(c1ccccc1)C2=O. The van der Waals surface area contributed by atoms with Gasteiger partial charge in [-0.25, -0.2) is 0 Å². The zero-order valence-corrected chi connectivity index (χ0v) is 10.5. The number of aryl methyl sites for hydroxylation is 1. The molecular weight excluding hydrogens is 238 g/mol. The van der Waals surface area contributed by atoms with Crippen LogP contribution in [-0.2, 0) is 4.79 Å². The van der Waals surface area contributed by atoms with E-state index < -0.39 is 5.92 Å². The summed E-state index contributed by atoms with van der Waals surface area (Å²) in [5.41, 5.74) is 2.88. The van der Waals surface area contributed by atoms with E-state index >= 15 is 0 Å². The number of ketones is 1. The lowest BCUT2D eigenvalue weighted by atomic mass is 9.85. The monoisotopic (exact) mass is 251 g/mol. The molecule has 1 amide bonds. The van der Waals surface area contributed by atoms with Crippen LogP contribution in [0, 0.1) is 6.92 Å². The van der Waals surface area contributed by atoms with E-state index in [1.54, 1.807) is 6.07 Å². The van der Waals surface area contributed by atoms with Crippen LogP contribution in [0.4, 0.5) is 5.69 Å². The first-order chi connectivity index (χ1) is 9.18. The van der Waals surface area contributed by atoms with Gasteiger partial charge < -0.3 is 5.32 Å². The third kappa shape index (κ3) is 1.83. The van der Waals surface area contributed by atoms with Crippen molar-refractivity contribution < 1.29 is 9.59 Å². The predicted molar refractivity (Wildman–Crippen MR) is 73.3 cm³/mol. The molecule has 1 N–H and O–H groups in total.